The Bertz CT molecular complexity index is 885. The van der Waals surface area contributed by atoms with Crippen molar-refractivity contribution < 1.29 is 9.53 Å². The van der Waals surface area contributed by atoms with Crippen molar-refractivity contribution in [3.63, 3.8) is 0 Å². The first-order valence-electron chi connectivity index (χ1n) is 9.03. The van der Waals surface area contributed by atoms with Gasteiger partial charge in [-0.15, -0.1) is 0 Å². The van der Waals surface area contributed by atoms with E-state index >= 15 is 0 Å². The molecule has 0 spiro atoms. The molecule has 1 amide bonds. The molecule has 1 aliphatic heterocycles. The molecule has 4 rings (SSSR count). The number of aryl methyl sites for hydroxylation is 1. The van der Waals surface area contributed by atoms with E-state index in [1.54, 1.807) is 18.6 Å². The van der Waals surface area contributed by atoms with Gasteiger partial charge in [0.25, 0.3) is 0 Å². The number of fused-ring (bicyclic) bond motifs is 1. The number of amides is 1. The molecule has 6 heteroatoms. The average Bonchev–Trinajstić information content (AvgIpc) is 3.06. The van der Waals surface area contributed by atoms with Crippen LogP contribution in [0.2, 0.25) is 0 Å². The third-order valence-electron chi connectivity index (χ3n) is 4.72. The summed E-state index contributed by atoms with van der Waals surface area (Å²) in [6.07, 6.45) is 7.75. The van der Waals surface area contributed by atoms with Crippen LogP contribution in [0.4, 0.5) is 0 Å². The highest BCUT2D eigenvalue weighted by Gasteiger charge is 2.17. The fourth-order valence-electron chi connectivity index (χ4n) is 3.44. The first-order chi connectivity index (χ1) is 12.8. The Kier molecular flexibility index (Phi) is 4.93. The van der Waals surface area contributed by atoms with Crippen molar-refractivity contribution in [1.29, 1.82) is 0 Å². The Morgan fingerprint density at radius 1 is 1.27 bits per heavy atom. The third-order valence-corrected chi connectivity index (χ3v) is 4.72. The quantitative estimate of drug-likeness (QED) is 0.768. The van der Waals surface area contributed by atoms with Gasteiger partial charge < -0.3 is 14.6 Å². The van der Waals surface area contributed by atoms with Gasteiger partial charge in [-0.1, -0.05) is 0 Å². The molecular weight excluding hydrogens is 328 g/mol. The number of nitrogens with one attached hydrogen (secondary N) is 1. The normalized spacial score (nSPS) is 17.3. The van der Waals surface area contributed by atoms with Crippen molar-refractivity contribution in [3.05, 3.63) is 48.9 Å². The minimum atomic E-state index is 0.0546. The standard InChI is InChI=1S/C20H22N4O2/c25-19(23-17-4-2-12-26-14-17)7-11-24-18(15-5-9-21-10-6-15)13-16-3-1-8-22-20(16)24/h1,3,5-6,8-10,13,17H,2,4,7,11-12,14H2,(H,23,25)/t17-/m0/s1. The van der Waals surface area contributed by atoms with Crippen LogP contribution in [-0.4, -0.2) is 39.7 Å². The van der Waals surface area contributed by atoms with Crippen LogP contribution in [0.5, 0.6) is 0 Å². The molecule has 134 valence electrons. The van der Waals surface area contributed by atoms with Crippen LogP contribution in [0.1, 0.15) is 19.3 Å². The summed E-state index contributed by atoms with van der Waals surface area (Å²) in [6.45, 7) is 1.99. The molecule has 0 unspecified atom stereocenters. The molecule has 26 heavy (non-hydrogen) atoms. The molecule has 0 aliphatic carbocycles. The van der Waals surface area contributed by atoms with Crippen LogP contribution in [0, 0.1) is 0 Å². The summed E-state index contributed by atoms with van der Waals surface area (Å²) in [4.78, 5) is 21.0. The first kappa shape index (κ1) is 16.7. The van der Waals surface area contributed by atoms with Gasteiger partial charge in [0.15, 0.2) is 0 Å². The Hall–Kier alpha value is -2.73. The predicted molar refractivity (Wildman–Crippen MR) is 99.6 cm³/mol. The van der Waals surface area contributed by atoms with Gasteiger partial charge >= 0.3 is 0 Å². The zero-order chi connectivity index (χ0) is 17.8. The zero-order valence-electron chi connectivity index (χ0n) is 14.6. The predicted octanol–water partition coefficient (Wildman–Crippen LogP) is 2.78. The lowest BCUT2D eigenvalue weighted by atomic mass is 10.1. The van der Waals surface area contributed by atoms with E-state index in [0.717, 1.165) is 41.7 Å². The van der Waals surface area contributed by atoms with E-state index in [4.69, 9.17) is 4.74 Å². The fourth-order valence-corrected chi connectivity index (χ4v) is 3.44. The highest BCUT2D eigenvalue weighted by molar-refractivity contribution is 5.84. The van der Waals surface area contributed by atoms with E-state index in [-0.39, 0.29) is 11.9 Å². The lowest BCUT2D eigenvalue weighted by Gasteiger charge is -2.23. The summed E-state index contributed by atoms with van der Waals surface area (Å²) >= 11 is 0. The van der Waals surface area contributed by atoms with Crippen molar-refractivity contribution in [1.82, 2.24) is 19.9 Å². The Morgan fingerprint density at radius 2 is 2.15 bits per heavy atom. The second-order valence-corrected chi connectivity index (χ2v) is 6.56. The topological polar surface area (TPSA) is 69.0 Å². The minimum Gasteiger partial charge on any atom is -0.379 e. The van der Waals surface area contributed by atoms with Crippen LogP contribution in [-0.2, 0) is 16.1 Å². The maximum absolute atomic E-state index is 12.4. The molecule has 6 nitrogen and oxygen atoms in total. The zero-order valence-corrected chi connectivity index (χ0v) is 14.6. The van der Waals surface area contributed by atoms with Gasteiger partial charge in [-0.2, -0.15) is 0 Å². The number of nitrogens with zero attached hydrogens (tertiary/aromatic N) is 3. The number of hydrogen-bond donors (Lipinski definition) is 1. The second-order valence-electron chi connectivity index (χ2n) is 6.56. The molecule has 1 fully saturated rings. The number of ether oxygens (including phenoxy) is 1. The van der Waals surface area contributed by atoms with E-state index in [1.165, 1.54) is 0 Å². The Balaban J connectivity index is 1.54. The van der Waals surface area contributed by atoms with Crippen LogP contribution in [0.3, 0.4) is 0 Å². The monoisotopic (exact) mass is 350 g/mol. The number of hydrogen-bond acceptors (Lipinski definition) is 4. The molecule has 1 saturated heterocycles. The van der Waals surface area contributed by atoms with Crippen LogP contribution < -0.4 is 5.32 Å². The van der Waals surface area contributed by atoms with Crippen LogP contribution in [0.15, 0.2) is 48.9 Å². The molecular formula is C20H22N4O2. The number of carbonyl (C=O) groups is 1. The fraction of sp³-hybridized carbons (Fsp3) is 0.350. The van der Waals surface area contributed by atoms with Gasteiger partial charge in [-0.25, -0.2) is 4.98 Å². The summed E-state index contributed by atoms with van der Waals surface area (Å²) in [7, 11) is 0. The van der Waals surface area contributed by atoms with E-state index < -0.39 is 0 Å². The molecule has 0 radical (unpaired) electrons. The number of pyridine rings is 2. The number of aromatic nitrogens is 3. The largest absolute Gasteiger partial charge is 0.379 e. The Labute approximate surface area is 152 Å². The van der Waals surface area contributed by atoms with E-state index in [1.807, 2.05) is 24.3 Å². The molecule has 1 N–H and O–H groups in total. The number of carbonyl (C=O) groups excluding carboxylic acids is 1. The summed E-state index contributed by atoms with van der Waals surface area (Å²) in [6, 6.07) is 10.2. The van der Waals surface area contributed by atoms with Gasteiger partial charge in [0, 0.05) is 49.1 Å². The lowest BCUT2D eigenvalue weighted by Crippen LogP contribution is -2.40. The van der Waals surface area contributed by atoms with Crippen molar-refractivity contribution in [2.24, 2.45) is 0 Å². The highest BCUT2D eigenvalue weighted by atomic mass is 16.5. The minimum absolute atomic E-state index is 0.0546. The van der Waals surface area contributed by atoms with Gasteiger partial charge in [0.1, 0.15) is 5.65 Å². The second kappa shape index (κ2) is 7.66. The molecule has 1 atom stereocenters. The van der Waals surface area contributed by atoms with Crippen molar-refractivity contribution in [2.45, 2.75) is 31.8 Å². The lowest BCUT2D eigenvalue weighted by molar-refractivity contribution is -0.122. The molecule has 3 aromatic heterocycles. The van der Waals surface area contributed by atoms with Gasteiger partial charge in [-0.3, -0.25) is 9.78 Å². The van der Waals surface area contributed by atoms with Crippen molar-refractivity contribution in [2.75, 3.05) is 13.2 Å². The molecule has 0 saturated carbocycles. The van der Waals surface area contributed by atoms with E-state index in [9.17, 15) is 4.79 Å². The average molecular weight is 350 g/mol. The number of rotatable bonds is 5. The smallest absolute Gasteiger partial charge is 0.222 e. The van der Waals surface area contributed by atoms with Crippen molar-refractivity contribution in [3.8, 4) is 11.3 Å². The first-order valence-corrected chi connectivity index (χ1v) is 9.03. The van der Waals surface area contributed by atoms with Crippen molar-refractivity contribution >= 4 is 16.9 Å². The Morgan fingerprint density at radius 3 is 2.96 bits per heavy atom. The maximum Gasteiger partial charge on any atom is 0.222 e. The molecule has 3 aromatic rings. The van der Waals surface area contributed by atoms with E-state index in [0.29, 0.717) is 19.6 Å². The van der Waals surface area contributed by atoms with Crippen LogP contribution >= 0.6 is 0 Å². The van der Waals surface area contributed by atoms with E-state index in [2.05, 4.69) is 25.9 Å². The third kappa shape index (κ3) is 3.60. The summed E-state index contributed by atoms with van der Waals surface area (Å²) in [5.74, 6) is 0.0546. The summed E-state index contributed by atoms with van der Waals surface area (Å²) < 4.78 is 7.54. The molecule has 4 heterocycles. The van der Waals surface area contributed by atoms with Crippen LogP contribution in [0.25, 0.3) is 22.3 Å². The SMILES string of the molecule is O=C(CCn1c(-c2ccncc2)cc2cccnc21)N[C@H]1CCCOC1. The maximum atomic E-state index is 12.4. The highest BCUT2D eigenvalue weighted by Crippen LogP contribution is 2.27. The molecule has 0 bridgehead atoms. The molecule has 0 aromatic carbocycles. The molecule has 1 aliphatic rings. The van der Waals surface area contributed by atoms with Gasteiger partial charge in [0.2, 0.25) is 5.91 Å². The summed E-state index contributed by atoms with van der Waals surface area (Å²) in [5, 5.41) is 4.15. The van der Waals surface area contributed by atoms with Gasteiger partial charge in [-0.05, 0) is 43.2 Å². The summed E-state index contributed by atoms with van der Waals surface area (Å²) in [5.41, 5.74) is 3.02. The van der Waals surface area contributed by atoms with Gasteiger partial charge in [0.05, 0.1) is 18.3 Å².